The standard InChI is InChI=1S/C22H24Cl3N3O2/c23-18-4-1-15(2-5-18)14-28-11-7-16(8-12-28)21(29)26-9-10-27-22(30)17-3-6-19(24)20(25)13-17/h1-6,13,16H,7-12,14H2,(H,26,29)(H,27,30). The van der Waals surface area contributed by atoms with Crippen molar-refractivity contribution < 1.29 is 9.59 Å². The predicted molar refractivity (Wildman–Crippen MR) is 121 cm³/mol. The SMILES string of the molecule is O=C(NCCNC(=O)C1CCN(Cc2ccc(Cl)cc2)CC1)c1ccc(Cl)c(Cl)c1. The van der Waals surface area contributed by atoms with Crippen LogP contribution in [0.25, 0.3) is 0 Å². The van der Waals surface area contributed by atoms with Crippen molar-refractivity contribution in [2.45, 2.75) is 19.4 Å². The molecule has 160 valence electrons. The number of piperidine rings is 1. The molecular formula is C22H24Cl3N3O2. The van der Waals surface area contributed by atoms with Crippen molar-refractivity contribution in [3.63, 3.8) is 0 Å². The zero-order chi connectivity index (χ0) is 21.5. The summed E-state index contributed by atoms with van der Waals surface area (Å²) in [5, 5.41) is 7.16. The van der Waals surface area contributed by atoms with Gasteiger partial charge in [0.05, 0.1) is 10.0 Å². The molecule has 1 fully saturated rings. The van der Waals surface area contributed by atoms with E-state index >= 15 is 0 Å². The molecule has 3 rings (SSSR count). The minimum absolute atomic E-state index is 0.0113. The topological polar surface area (TPSA) is 61.4 Å². The molecule has 0 aromatic heterocycles. The Hall–Kier alpha value is -1.79. The lowest BCUT2D eigenvalue weighted by molar-refractivity contribution is -0.126. The first-order chi connectivity index (χ1) is 14.4. The van der Waals surface area contributed by atoms with Gasteiger partial charge in [-0.3, -0.25) is 14.5 Å². The molecule has 1 heterocycles. The molecule has 0 saturated carbocycles. The second-order valence-electron chi connectivity index (χ2n) is 7.35. The number of amides is 2. The van der Waals surface area contributed by atoms with Crippen LogP contribution in [-0.4, -0.2) is 42.9 Å². The molecule has 0 aliphatic carbocycles. The molecule has 2 aromatic carbocycles. The number of carbonyl (C=O) groups excluding carboxylic acids is 2. The molecule has 0 radical (unpaired) electrons. The smallest absolute Gasteiger partial charge is 0.251 e. The van der Waals surface area contributed by atoms with Crippen LogP contribution in [0.2, 0.25) is 15.1 Å². The fraction of sp³-hybridized carbons (Fsp3) is 0.364. The monoisotopic (exact) mass is 467 g/mol. The average Bonchev–Trinajstić information content (AvgIpc) is 2.75. The van der Waals surface area contributed by atoms with Crippen molar-refractivity contribution >= 4 is 46.6 Å². The summed E-state index contributed by atoms with van der Waals surface area (Å²) in [4.78, 5) is 26.9. The van der Waals surface area contributed by atoms with E-state index in [1.165, 1.54) is 11.6 Å². The maximum Gasteiger partial charge on any atom is 0.251 e. The van der Waals surface area contributed by atoms with Gasteiger partial charge in [0.25, 0.3) is 5.91 Å². The third-order valence-electron chi connectivity index (χ3n) is 5.17. The highest BCUT2D eigenvalue weighted by molar-refractivity contribution is 6.42. The summed E-state index contributed by atoms with van der Waals surface area (Å²) in [7, 11) is 0. The first-order valence-electron chi connectivity index (χ1n) is 9.90. The zero-order valence-corrected chi connectivity index (χ0v) is 18.7. The fourth-order valence-corrected chi connectivity index (χ4v) is 3.87. The predicted octanol–water partition coefficient (Wildman–Crippen LogP) is 4.41. The second kappa shape index (κ2) is 11.0. The summed E-state index contributed by atoms with van der Waals surface area (Å²) in [6, 6.07) is 12.6. The van der Waals surface area contributed by atoms with E-state index < -0.39 is 0 Å². The summed E-state index contributed by atoms with van der Waals surface area (Å²) >= 11 is 17.7. The van der Waals surface area contributed by atoms with Gasteiger partial charge in [0.2, 0.25) is 5.91 Å². The lowest BCUT2D eigenvalue weighted by Crippen LogP contribution is -2.42. The largest absolute Gasteiger partial charge is 0.354 e. The molecule has 30 heavy (non-hydrogen) atoms. The highest BCUT2D eigenvalue weighted by Crippen LogP contribution is 2.22. The highest BCUT2D eigenvalue weighted by Gasteiger charge is 2.24. The molecule has 0 spiro atoms. The number of carbonyl (C=O) groups is 2. The van der Waals surface area contributed by atoms with E-state index in [4.69, 9.17) is 34.8 Å². The van der Waals surface area contributed by atoms with E-state index in [-0.39, 0.29) is 17.7 Å². The van der Waals surface area contributed by atoms with E-state index in [0.29, 0.717) is 28.7 Å². The van der Waals surface area contributed by atoms with Crippen molar-refractivity contribution in [1.82, 2.24) is 15.5 Å². The summed E-state index contributed by atoms with van der Waals surface area (Å²) in [6.07, 6.45) is 1.66. The van der Waals surface area contributed by atoms with Crippen molar-refractivity contribution in [3.05, 3.63) is 68.7 Å². The van der Waals surface area contributed by atoms with Gasteiger partial charge in [-0.25, -0.2) is 0 Å². The molecule has 1 aliphatic rings. The molecule has 1 aliphatic heterocycles. The van der Waals surface area contributed by atoms with Crippen LogP contribution in [0.4, 0.5) is 0 Å². The fourth-order valence-electron chi connectivity index (χ4n) is 3.45. The Kier molecular flexibility index (Phi) is 8.40. The van der Waals surface area contributed by atoms with Crippen LogP contribution in [-0.2, 0) is 11.3 Å². The number of benzene rings is 2. The van der Waals surface area contributed by atoms with Crippen LogP contribution in [0.5, 0.6) is 0 Å². The molecular weight excluding hydrogens is 445 g/mol. The first kappa shape index (κ1) is 22.9. The number of hydrogen-bond donors (Lipinski definition) is 2. The third-order valence-corrected chi connectivity index (χ3v) is 6.16. The summed E-state index contributed by atoms with van der Waals surface area (Å²) in [5.41, 5.74) is 1.66. The third kappa shape index (κ3) is 6.61. The van der Waals surface area contributed by atoms with Crippen LogP contribution < -0.4 is 10.6 Å². The molecule has 2 amide bonds. The van der Waals surface area contributed by atoms with E-state index in [0.717, 1.165) is 37.5 Å². The van der Waals surface area contributed by atoms with E-state index in [2.05, 4.69) is 15.5 Å². The minimum Gasteiger partial charge on any atom is -0.354 e. The maximum absolute atomic E-state index is 12.4. The average molecular weight is 469 g/mol. The Balaban J connectivity index is 1.34. The molecule has 8 heteroatoms. The van der Waals surface area contributed by atoms with Gasteiger partial charge in [0.1, 0.15) is 0 Å². The summed E-state index contributed by atoms with van der Waals surface area (Å²) < 4.78 is 0. The quantitative estimate of drug-likeness (QED) is 0.592. The number of nitrogens with one attached hydrogen (secondary N) is 2. The van der Waals surface area contributed by atoms with Crippen LogP contribution in [0.15, 0.2) is 42.5 Å². The number of rotatable bonds is 7. The van der Waals surface area contributed by atoms with Crippen molar-refractivity contribution in [2.24, 2.45) is 5.92 Å². The number of nitrogens with zero attached hydrogens (tertiary/aromatic N) is 1. The van der Waals surface area contributed by atoms with Gasteiger partial charge in [0, 0.05) is 36.1 Å². The minimum atomic E-state index is -0.252. The lowest BCUT2D eigenvalue weighted by atomic mass is 9.95. The summed E-state index contributed by atoms with van der Waals surface area (Å²) in [5.74, 6) is -0.194. The molecule has 5 nitrogen and oxygen atoms in total. The van der Waals surface area contributed by atoms with Crippen molar-refractivity contribution in [3.8, 4) is 0 Å². The van der Waals surface area contributed by atoms with Gasteiger partial charge in [-0.05, 0) is 61.8 Å². The van der Waals surface area contributed by atoms with Crippen molar-refractivity contribution in [2.75, 3.05) is 26.2 Å². The molecule has 0 atom stereocenters. The lowest BCUT2D eigenvalue weighted by Gasteiger charge is -2.31. The van der Waals surface area contributed by atoms with Gasteiger partial charge in [-0.1, -0.05) is 46.9 Å². The van der Waals surface area contributed by atoms with E-state index in [1.54, 1.807) is 12.1 Å². The second-order valence-corrected chi connectivity index (χ2v) is 8.60. The highest BCUT2D eigenvalue weighted by atomic mass is 35.5. The van der Waals surface area contributed by atoms with Gasteiger partial charge < -0.3 is 10.6 Å². The Labute approximate surface area is 191 Å². The Bertz CT molecular complexity index is 882. The molecule has 1 saturated heterocycles. The Morgan fingerprint density at radius 1 is 0.900 bits per heavy atom. The van der Waals surface area contributed by atoms with Crippen LogP contribution in [0.1, 0.15) is 28.8 Å². The van der Waals surface area contributed by atoms with Crippen LogP contribution in [0, 0.1) is 5.92 Å². The van der Waals surface area contributed by atoms with Crippen LogP contribution in [0.3, 0.4) is 0 Å². The molecule has 2 N–H and O–H groups in total. The molecule has 0 unspecified atom stereocenters. The molecule has 2 aromatic rings. The van der Waals surface area contributed by atoms with Gasteiger partial charge in [-0.15, -0.1) is 0 Å². The van der Waals surface area contributed by atoms with Crippen LogP contribution >= 0.6 is 34.8 Å². The van der Waals surface area contributed by atoms with Crippen molar-refractivity contribution in [1.29, 1.82) is 0 Å². The number of likely N-dealkylation sites (tertiary alicyclic amines) is 1. The number of halogens is 3. The van der Waals surface area contributed by atoms with Gasteiger partial charge in [-0.2, -0.15) is 0 Å². The summed E-state index contributed by atoms with van der Waals surface area (Å²) in [6.45, 7) is 3.37. The normalized spacial score (nSPS) is 15.0. The first-order valence-corrected chi connectivity index (χ1v) is 11.0. The Morgan fingerprint density at radius 3 is 2.23 bits per heavy atom. The number of hydrogen-bond acceptors (Lipinski definition) is 3. The Morgan fingerprint density at radius 2 is 1.57 bits per heavy atom. The zero-order valence-electron chi connectivity index (χ0n) is 16.5. The van der Waals surface area contributed by atoms with Gasteiger partial charge >= 0.3 is 0 Å². The van der Waals surface area contributed by atoms with Gasteiger partial charge in [0.15, 0.2) is 0 Å². The molecule has 0 bridgehead atoms. The maximum atomic E-state index is 12.4. The van der Waals surface area contributed by atoms with E-state index in [9.17, 15) is 9.59 Å². The van der Waals surface area contributed by atoms with E-state index in [1.807, 2.05) is 24.3 Å².